The van der Waals surface area contributed by atoms with Gasteiger partial charge in [0.15, 0.2) is 0 Å². The first-order valence-corrected chi connectivity index (χ1v) is 9.49. The van der Waals surface area contributed by atoms with Gasteiger partial charge in [-0.1, -0.05) is 42.5 Å². The molecular formula is C24H24N2O3. The summed E-state index contributed by atoms with van der Waals surface area (Å²) in [4.78, 5) is 24.6. The molecule has 0 fully saturated rings. The molecule has 0 aliphatic carbocycles. The van der Waals surface area contributed by atoms with Gasteiger partial charge in [0, 0.05) is 24.2 Å². The topological polar surface area (TPSA) is 67.4 Å². The Labute approximate surface area is 170 Å². The van der Waals surface area contributed by atoms with Crippen molar-refractivity contribution in [3.63, 3.8) is 0 Å². The lowest BCUT2D eigenvalue weighted by molar-refractivity contribution is 0.0940. The molecule has 2 N–H and O–H groups in total. The molecule has 0 aliphatic rings. The van der Waals surface area contributed by atoms with Gasteiger partial charge in [-0.2, -0.15) is 0 Å². The molecule has 5 heteroatoms. The zero-order chi connectivity index (χ0) is 20.5. The van der Waals surface area contributed by atoms with Crippen molar-refractivity contribution in [1.82, 2.24) is 10.6 Å². The molecule has 0 radical (unpaired) electrons. The number of rotatable bonds is 8. The first-order chi connectivity index (χ1) is 14.2. The number of amides is 2. The third kappa shape index (κ3) is 5.94. The highest BCUT2D eigenvalue weighted by atomic mass is 16.5. The van der Waals surface area contributed by atoms with Crippen molar-refractivity contribution in [3.8, 4) is 5.75 Å². The van der Waals surface area contributed by atoms with E-state index >= 15 is 0 Å². The molecule has 3 rings (SSSR count). The molecule has 0 unspecified atom stereocenters. The van der Waals surface area contributed by atoms with Crippen LogP contribution < -0.4 is 15.4 Å². The number of carbonyl (C=O) groups is 2. The number of carbonyl (C=O) groups excluding carboxylic acids is 2. The van der Waals surface area contributed by atoms with Gasteiger partial charge in [0.05, 0.1) is 7.11 Å². The molecule has 0 saturated heterocycles. The van der Waals surface area contributed by atoms with Gasteiger partial charge in [0.2, 0.25) is 0 Å². The maximum atomic E-state index is 12.3. The Morgan fingerprint density at radius 2 is 1.38 bits per heavy atom. The van der Waals surface area contributed by atoms with E-state index in [-0.39, 0.29) is 11.8 Å². The average molecular weight is 388 g/mol. The van der Waals surface area contributed by atoms with E-state index in [0.29, 0.717) is 30.6 Å². The fraction of sp³-hybridized carbons (Fsp3) is 0.167. The van der Waals surface area contributed by atoms with Crippen molar-refractivity contribution in [3.05, 3.63) is 101 Å². The van der Waals surface area contributed by atoms with E-state index < -0.39 is 0 Å². The van der Waals surface area contributed by atoms with Gasteiger partial charge >= 0.3 is 0 Å². The van der Waals surface area contributed by atoms with Crippen LogP contribution in [0.25, 0.3) is 0 Å². The second-order valence-corrected chi connectivity index (χ2v) is 6.60. The summed E-state index contributed by atoms with van der Waals surface area (Å²) < 4.78 is 5.20. The lowest BCUT2D eigenvalue weighted by Crippen LogP contribution is -2.26. The minimum absolute atomic E-state index is 0.163. The quantitative estimate of drug-likeness (QED) is 0.620. The summed E-state index contributed by atoms with van der Waals surface area (Å²) in [6, 6.07) is 24.1. The van der Waals surface area contributed by atoms with Crippen LogP contribution in [0.1, 0.15) is 31.8 Å². The molecule has 0 bridgehead atoms. The number of ether oxygens (including phenoxy) is 1. The average Bonchev–Trinajstić information content (AvgIpc) is 2.78. The fourth-order valence-electron chi connectivity index (χ4n) is 2.90. The Morgan fingerprint density at radius 1 is 0.759 bits per heavy atom. The lowest BCUT2D eigenvalue weighted by atomic mass is 10.1. The Hall–Kier alpha value is -3.60. The molecule has 0 aliphatic heterocycles. The summed E-state index contributed by atoms with van der Waals surface area (Å²) in [5.74, 6) is 0.470. The highest BCUT2D eigenvalue weighted by Gasteiger charge is 2.09. The van der Waals surface area contributed by atoms with Crippen molar-refractivity contribution in [2.75, 3.05) is 13.7 Å². The minimum Gasteiger partial charge on any atom is -0.497 e. The van der Waals surface area contributed by atoms with Crippen LogP contribution in [0.4, 0.5) is 0 Å². The zero-order valence-electron chi connectivity index (χ0n) is 16.4. The normalized spacial score (nSPS) is 10.2. The van der Waals surface area contributed by atoms with E-state index in [1.165, 1.54) is 0 Å². The van der Waals surface area contributed by atoms with Crippen LogP contribution in [-0.2, 0) is 13.0 Å². The standard InChI is InChI=1S/C24H24N2O3/c1-29-22-9-5-8-18(16-22)14-15-25-23(27)20-10-12-21(13-11-20)24(28)26-17-19-6-3-2-4-7-19/h2-13,16H,14-15,17H2,1H3,(H,25,27)(H,26,28). The number of hydrogen-bond acceptors (Lipinski definition) is 3. The Bertz CT molecular complexity index is 953. The Balaban J connectivity index is 1.48. The maximum absolute atomic E-state index is 12.3. The molecule has 5 nitrogen and oxygen atoms in total. The molecule has 0 aromatic heterocycles. The highest BCUT2D eigenvalue weighted by molar-refractivity contribution is 5.97. The van der Waals surface area contributed by atoms with Crippen molar-refractivity contribution in [2.24, 2.45) is 0 Å². The van der Waals surface area contributed by atoms with Gasteiger partial charge in [0.25, 0.3) is 11.8 Å². The molecule has 0 saturated carbocycles. The molecule has 2 amide bonds. The lowest BCUT2D eigenvalue weighted by Gasteiger charge is -2.08. The SMILES string of the molecule is COc1cccc(CCNC(=O)c2ccc(C(=O)NCc3ccccc3)cc2)c1. The van der Waals surface area contributed by atoms with Gasteiger partial charge < -0.3 is 15.4 Å². The van der Waals surface area contributed by atoms with Gasteiger partial charge in [-0.3, -0.25) is 9.59 Å². The van der Waals surface area contributed by atoms with E-state index in [2.05, 4.69) is 10.6 Å². The Kier molecular flexibility index (Phi) is 7.00. The number of hydrogen-bond donors (Lipinski definition) is 2. The van der Waals surface area contributed by atoms with Gasteiger partial charge in [0.1, 0.15) is 5.75 Å². The number of methoxy groups -OCH3 is 1. The first-order valence-electron chi connectivity index (χ1n) is 9.49. The maximum Gasteiger partial charge on any atom is 0.251 e. The van der Waals surface area contributed by atoms with E-state index in [9.17, 15) is 9.59 Å². The molecule has 148 valence electrons. The van der Waals surface area contributed by atoms with Crippen LogP contribution in [0.5, 0.6) is 5.75 Å². The summed E-state index contributed by atoms with van der Waals surface area (Å²) in [6.07, 6.45) is 0.711. The molecule has 0 heterocycles. The van der Waals surface area contributed by atoms with Gasteiger partial charge in [-0.25, -0.2) is 0 Å². The minimum atomic E-state index is -0.168. The first kappa shape index (κ1) is 20.1. The monoisotopic (exact) mass is 388 g/mol. The van der Waals surface area contributed by atoms with Crippen molar-refractivity contribution >= 4 is 11.8 Å². The summed E-state index contributed by atoms with van der Waals surface area (Å²) in [7, 11) is 1.63. The predicted molar refractivity (Wildman–Crippen MR) is 113 cm³/mol. The summed E-state index contributed by atoms with van der Waals surface area (Å²) in [6.45, 7) is 0.984. The smallest absolute Gasteiger partial charge is 0.251 e. The van der Waals surface area contributed by atoms with E-state index in [4.69, 9.17) is 4.74 Å². The third-order valence-corrected chi connectivity index (χ3v) is 4.54. The van der Waals surface area contributed by atoms with Gasteiger partial charge in [-0.15, -0.1) is 0 Å². The van der Waals surface area contributed by atoms with Crippen LogP contribution in [0.3, 0.4) is 0 Å². The zero-order valence-corrected chi connectivity index (χ0v) is 16.4. The molecule has 0 spiro atoms. The fourth-order valence-corrected chi connectivity index (χ4v) is 2.90. The van der Waals surface area contributed by atoms with E-state index in [1.807, 2.05) is 54.6 Å². The number of nitrogens with one attached hydrogen (secondary N) is 2. The summed E-state index contributed by atoms with van der Waals surface area (Å²) in [5.41, 5.74) is 3.17. The molecular weight excluding hydrogens is 364 g/mol. The van der Waals surface area contributed by atoms with Crippen LogP contribution in [-0.4, -0.2) is 25.5 Å². The van der Waals surface area contributed by atoms with Gasteiger partial charge in [-0.05, 0) is 53.9 Å². The van der Waals surface area contributed by atoms with E-state index in [1.54, 1.807) is 31.4 Å². The largest absolute Gasteiger partial charge is 0.497 e. The van der Waals surface area contributed by atoms with Crippen molar-refractivity contribution < 1.29 is 14.3 Å². The van der Waals surface area contributed by atoms with Crippen LogP contribution in [0, 0.1) is 0 Å². The number of benzene rings is 3. The van der Waals surface area contributed by atoms with Crippen LogP contribution >= 0.6 is 0 Å². The third-order valence-electron chi connectivity index (χ3n) is 4.54. The molecule has 0 atom stereocenters. The second-order valence-electron chi connectivity index (χ2n) is 6.60. The van der Waals surface area contributed by atoms with Crippen LogP contribution in [0.15, 0.2) is 78.9 Å². The summed E-state index contributed by atoms with van der Waals surface area (Å²) in [5, 5.41) is 5.78. The highest BCUT2D eigenvalue weighted by Crippen LogP contribution is 2.12. The second kappa shape index (κ2) is 10.1. The van der Waals surface area contributed by atoms with Crippen molar-refractivity contribution in [2.45, 2.75) is 13.0 Å². The van der Waals surface area contributed by atoms with Crippen LogP contribution in [0.2, 0.25) is 0 Å². The molecule has 29 heavy (non-hydrogen) atoms. The summed E-state index contributed by atoms with van der Waals surface area (Å²) >= 11 is 0. The Morgan fingerprint density at radius 3 is 2.03 bits per heavy atom. The van der Waals surface area contributed by atoms with Crippen molar-refractivity contribution in [1.29, 1.82) is 0 Å². The molecule has 3 aromatic rings. The van der Waals surface area contributed by atoms with E-state index in [0.717, 1.165) is 16.9 Å². The molecule has 3 aromatic carbocycles. The predicted octanol–water partition coefficient (Wildman–Crippen LogP) is 3.60.